The normalized spacial score (nSPS) is 20.1. The quantitative estimate of drug-likeness (QED) is 0.396. The van der Waals surface area contributed by atoms with Crippen molar-refractivity contribution < 1.29 is 33.5 Å². The molecular weight excluding hydrogens is 448 g/mol. The van der Waals surface area contributed by atoms with E-state index in [1.807, 2.05) is 0 Å². The zero-order chi connectivity index (χ0) is 17.0. The van der Waals surface area contributed by atoms with Gasteiger partial charge < -0.3 is 38.4 Å². The van der Waals surface area contributed by atoms with E-state index in [1.54, 1.807) is 0 Å². The van der Waals surface area contributed by atoms with Crippen LogP contribution in [0.4, 0.5) is 5.69 Å². The van der Waals surface area contributed by atoms with Gasteiger partial charge in [-0.3, -0.25) is 0 Å². The van der Waals surface area contributed by atoms with E-state index in [-0.39, 0.29) is 24.0 Å². The van der Waals surface area contributed by atoms with Crippen molar-refractivity contribution in [3.8, 4) is 0 Å². The Balaban J connectivity index is 0.00000225. The number of halogens is 1. The van der Waals surface area contributed by atoms with Crippen molar-refractivity contribution in [3.63, 3.8) is 0 Å². The number of hydrogen-bond donors (Lipinski definition) is 0. The lowest BCUT2D eigenvalue weighted by atomic mass is 10.3. The Morgan fingerprint density at radius 2 is 1.32 bits per heavy atom. The van der Waals surface area contributed by atoms with Crippen LogP contribution >= 0.6 is 7.56 Å². The third-order valence-electron chi connectivity index (χ3n) is 5.13. The molecule has 0 amide bonds. The van der Waals surface area contributed by atoms with E-state index < -0.39 is 7.56 Å². The van der Waals surface area contributed by atoms with Crippen molar-refractivity contribution in [3.05, 3.63) is 24.3 Å². The highest BCUT2D eigenvalue weighted by Gasteiger charge is 2.52. The van der Waals surface area contributed by atoms with E-state index in [4.69, 9.17) is 9.47 Å². The SMILES string of the molecule is CC[P+](c1ccc(N(C)C)cc1)(N1CCOCC1)N1CCOCC1.[I-]. The summed E-state index contributed by atoms with van der Waals surface area (Å²) in [6.45, 7) is 9.90. The van der Waals surface area contributed by atoms with Crippen LogP contribution in [0.5, 0.6) is 0 Å². The summed E-state index contributed by atoms with van der Waals surface area (Å²) >= 11 is 0. The van der Waals surface area contributed by atoms with E-state index in [0.717, 1.165) is 52.6 Å². The number of ether oxygens (including phenoxy) is 2. The molecule has 2 aliphatic heterocycles. The van der Waals surface area contributed by atoms with Crippen molar-refractivity contribution in [2.24, 2.45) is 0 Å². The summed E-state index contributed by atoms with van der Waals surface area (Å²) in [5.41, 5.74) is 1.26. The summed E-state index contributed by atoms with van der Waals surface area (Å²) in [6.07, 6.45) is 1.17. The molecule has 2 aliphatic rings. The van der Waals surface area contributed by atoms with Gasteiger partial charge in [-0.15, -0.1) is 0 Å². The fourth-order valence-corrected chi connectivity index (χ4v) is 8.30. The first kappa shape index (κ1) is 21.3. The number of benzene rings is 1. The molecule has 0 radical (unpaired) electrons. The number of rotatable bonds is 5. The lowest BCUT2D eigenvalue weighted by Gasteiger charge is -2.45. The molecule has 5 nitrogen and oxygen atoms in total. The Morgan fingerprint density at radius 3 is 1.68 bits per heavy atom. The Hall–Kier alpha value is 0.0200. The zero-order valence-electron chi connectivity index (χ0n) is 15.7. The third kappa shape index (κ3) is 4.47. The molecule has 142 valence electrons. The Kier molecular flexibility index (Phi) is 8.37. The molecule has 0 spiro atoms. The summed E-state index contributed by atoms with van der Waals surface area (Å²) in [6, 6.07) is 9.25. The van der Waals surface area contributed by atoms with Gasteiger partial charge in [-0.1, -0.05) is 0 Å². The molecule has 0 saturated carbocycles. The fourth-order valence-electron chi connectivity index (χ4n) is 3.85. The highest BCUT2D eigenvalue weighted by Crippen LogP contribution is 2.63. The second kappa shape index (κ2) is 9.81. The molecule has 2 fully saturated rings. The van der Waals surface area contributed by atoms with Crippen LogP contribution in [0.15, 0.2) is 24.3 Å². The topological polar surface area (TPSA) is 28.2 Å². The van der Waals surface area contributed by atoms with E-state index in [1.165, 1.54) is 17.2 Å². The Bertz CT molecular complexity index is 500. The van der Waals surface area contributed by atoms with Gasteiger partial charge in [0.1, 0.15) is 5.30 Å². The van der Waals surface area contributed by atoms with Gasteiger partial charge in [0.2, 0.25) is 0 Å². The van der Waals surface area contributed by atoms with Crippen LogP contribution in [0.1, 0.15) is 6.92 Å². The number of anilines is 1. The summed E-state index contributed by atoms with van der Waals surface area (Å²) in [5.74, 6) is 0. The van der Waals surface area contributed by atoms with Crippen LogP contribution in [0, 0.1) is 0 Å². The minimum atomic E-state index is -1.54. The molecule has 1 aromatic carbocycles. The summed E-state index contributed by atoms with van der Waals surface area (Å²) in [4.78, 5) is 2.17. The van der Waals surface area contributed by atoms with Crippen LogP contribution in [0.2, 0.25) is 0 Å². The van der Waals surface area contributed by atoms with Crippen molar-refractivity contribution in [2.45, 2.75) is 6.92 Å². The van der Waals surface area contributed by atoms with Gasteiger partial charge >= 0.3 is 0 Å². The molecule has 25 heavy (non-hydrogen) atoms. The van der Waals surface area contributed by atoms with Crippen LogP contribution in [-0.2, 0) is 9.47 Å². The van der Waals surface area contributed by atoms with Gasteiger partial charge in [0.25, 0.3) is 0 Å². The lowest BCUT2D eigenvalue weighted by molar-refractivity contribution is -0.00000659. The van der Waals surface area contributed by atoms with Crippen LogP contribution in [0.3, 0.4) is 0 Å². The van der Waals surface area contributed by atoms with E-state index in [9.17, 15) is 0 Å². The smallest absolute Gasteiger partial charge is 0.185 e. The average molecular weight is 479 g/mol. The highest BCUT2D eigenvalue weighted by atomic mass is 127. The minimum absolute atomic E-state index is 0. The summed E-state index contributed by atoms with van der Waals surface area (Å²) in [5, 5.41) is 1.50. The average Bonchev–Trinajstić information content (AvgIpc) is 2.65. The first-order valence-electron chi connectivity index (χ1n) is 9.01. The lowest BCUT2D eigenvalue weighted by Crippen LogP contribution is -3.00. The maximum absolute atomic E-state index is 5.64. The standard InChI is InChI=1S/C18H31N3O2P.HI/c1-4-24(20-9-13-22-14-10-20,21-11-15-23-16-12-21)18-7-5-17(6-8-18)19(2)3;/h5-8H,4,9-16H2,1-3H3;1H/q+1;/p-1. The molecule has 0 N–H and O–H groups in total. The molecule has 0 aromatic heterocycles. The van der Waals surface area contributed by atoms with Gasteiger partial charge in [0.15, 0.2) is 7.56 Å². The first-order chi connectivity index (χ1) is 11.7. The van der Waals surface area contributed by atoms with Crippen molar-refractivity contribution in [1.29, 1.82) is 0 Å². The monoisotopic (exact) mass is 479 g/mol. The first-order valence-corrected chi connectivity index (χ1v) is 10.9. The van der Waals surface area contributed by atoms with Gasteiger partial charge in [0.05, 0.1) is 58.8 Å². The Labute approximate surface area is 170 Å². The van der Waals surface area contributed by atoms with E-state index in [2.05, 4.69) is 59.5 Å². The number of nitrogens with zero attached hydrogens (tertiary/aromatic N) is 3. The molecule has 1 aromatic rings. The largest absolute Gasteiger partial charge is 1.00 e. The van der Waals surface area contributed by atoms with Crippen molar-refractivity contribution in [2.75, 3.05) is 77.8 Å². The van der Waals surface area contributed by atoms with Gasteiger partial charge in [-0.25, -0.2) is 0 Å². The Morgan fingerprint density at radius 1 is 0.880 bits per heavy atom. The van der Waals surface area contributed by atoms with Crippen LogP contribution in [-0.4, -0.2) is 82.2 Å². The van der Waals surface area contributed by atoms with Gasteiger partial charge in [0, 0.05) is 19.8 Å². The molecule has 2 saturated heterocycles. The molecule has 0 unspecified atom stereocenters. The molecule has 7 heteroatoms. The molecule has 0 atom stereocenters. The zero-order valence-corrected chi connectivity index (χ0v) is 18.7. The van der Waals surface area contributed by atoms with Crippen molar-refractivity contribution in [1.82, 2.24) is 9.34 Å². The van der Waals surface area contributed by atoms with Gasteiger partial charge in [-0.05, 0) is 31.2 Å². The second-order valence-electron chi connectivity index (χ2n) is 6.59. The van der Waals surface area contributed by atoms with Gasteiger partial charge in [-0.2, -0.15) is 9.34 Å². The van der Waals surface area contributed by atoms with E-state index in [0.29, 0.717) is 0 Å². The summed E-state index contributed by atoms with van der Waals surface area (Å²) in [7, 11) is 2.65. The predicted molar refractivity (Wildman–Crippen MR) is 103 cm³/mol. The fraction of sp³-hybridized carbons (Fsp3) is 0.667. The number of morpholine rings is 2. The number of hydrogen-bond acceptors (Lipinski definition) is 5. The maximum Gasteiger partial charge on any atom is 0.185 e. The van der Waals surface area contributed by atoms with Crippen LogP contribution in [0.25, 0.3) is 0 Å². The molecular formula is C18H31IN3O2P. The van der Waals surface area contributed by atoms with Crippen LogP contribution < -0.4 is 34.2 Å². The predicted octanol–water partition coefficient (Wildman–Crippen LogP) is -1.09. The maximum atomic E-state index is 5.64. The molecule has 0 bridgehead atoms. The third-order valence-corrected chi connectivity index (χ3v) is 9.81. The summed E-state index contributed by atoms with van der Waals surface area (Å²) < 4.78 is 16.7. The second-order valence-corrected chi connectivity index (χ2v) is 10.3. The highest BCUT2D eigenvalue weighted by molar-refractivity contribution is 7.78. The minimum Gasteiger partial charge on any atom is -1.00 e. The van der Waals surface area contributed by atoms with Crippen molar-refractivity contribution >= 4 is 18.6 Å². The molecule has 0 aliphatic carbocycles. The molecule has 3 rings (SSSR count). The van der Waals surface area contributed by atoms with E-state index >= 15 is 0 Å². The molecule has 2 heterocycles.